The maximum absolute atomic E-state index is 13.2. The van der Waals surface area contributed by atoms with Gasteiger partial charge in [-0.25, -0.2) is 4.79 Å². The van der Waals surface area contributed by atoms with Crippen molar-refractivity contribution in [2.75, 3.05) is 58.9 Å². The Morgan fingerprint density at radius 1 is 0.971 bits per heavy atom. The number of aryl methyl sites for hydroxylation is 2. The molecule has 198 valence electrons. The van der Waals surface area contributed by atoms with Crippen molar-refractivity contribution in [1.82, 2.24) is 20.0 Å². The summed E-state index contributed by atoms with van der Waals surface area (Å²) in [5, 5.41) is 10.4. The van der Waals surface area contributed by atoms with Crippen LogP contribution in [-0.4, -0.2) is 103 Å². The Hall–Kier alpha value is -2.66. The Labute approximate surface area is 205 Å². The van der Waals surface area contributed by atoms with Crippen molar-refractivity contribution in [2.45, 2.75) is 40.3 Å². The third-order valence-corrected chi connectivity index (χ3v) is 5.64. The smallest absolute Gasteiger partial charge is 0.475 e. The topological polar surface area (TPSA) is 93.2 Å². The largest absolute Gasteiger partial charge is 0.490 e. The second-order valence-corrected chi connectivity index (χ2v) is 8.38. The second kappa shape index (κ2) is 14.7. The van der Waals surface area contributed by atoms with Gasteiger partial charge in [-0.1, -0.05) is 31.0 Å². The van der Waals surface area contributed by atoms with Gasteiger partial charge in [-0.2, -0.15) is 13.2 Å². The molecule has 1 aliphatic heterocycles. The Balaban J connectivity index is 0.000000762. The number of carbonyl (C=O) groups excluding carboxylic acids is 2. The number of halogens is 3. The van der Waals surface area contributed by atoms with Crippen LogP contribution in [0.4, 0.5) is 13.2 Å². The zero-order chi connectivity index (χ0) is 26.6. The van der Waals surface area contributed by atoms with Gasteiger partial charge in [-0.05, 0) is 39.1 Å². The van der Waals surface area contributed by atoms with E-state index < -0.39 is 12.1 Å². The molecular weight excluding hydrogens is 465 g/mol. The van der Waals surface area contributed by atoms with Crippen LogP contribution in [-0.2, 0) is 9.59 Å². The first kappa shape index (κ1) is 30.4. The van der Waals surface area contributed by atoms with E-state index in [4.69, 9.17) is 9.90 Å². The monoisotopic (exact) mass is 502 g/mol. The van der Waals surface area contributed by atoms with Gasteiger partial charge in [0.2, 0.25) is 5.91 Å². The first-order valence-electron chi connectivity index (χ1n) is 11.8. The fourth-order valence-electron chi connectivity index (χ4n) is 3.70. The number of rotatable bonds is 9. The highest BCUT2D eigenvalue weighted by atomic mass is 19.4. The van der Waals surface area contributed by atoms with Gasteiger partial charge in [-0.3, -0.25) is 9.59 Å². The van der Waals surface area contributed by atoms with E-state index in [2.05, 4.69) is 30.1 Å². The Morgan fingerprint density at radius 3 is 1.94 bits per heavy atom. The number of amides is 2. The average Bonchev–Trinajstić information content (AvgIpc) is 2.80. The minimum absolute atomic E-state index is 0.0204. The van der Waals surface area contributed by atoms with Crippen molar-refractivity contribution in [3.8, 4) is 0 Å². The van der Waals surface area contributed by atoms with Crippen LogP contribution in [0.5, 0.6) is 0 Å². The predicted octanol–water partition coefficient (Wildman–Crippen LogP) is 2.54. The van der Waals surface area contributed by atoms with Crippen LogP contribution in [0.25, 0.3) is 0 Å². The molecule has 1 aromatic rings. The summed E-state index contributed by atoms with van der Waals surface area (Å²) in [6.45, 7) is 15.3. The van der Waals surface area contributed by atoms with Crippen LogP contribution in [0.3, 0.4) is 0 Å². The number of alkyl halides is 3. The van der Waals surface area contributed by atoms with Gasteiger partial charge in [0.25, 0.3) is 5.91 Å². The fourth-order valence-corrected chi connectivity index (χ4v) is 3.70. The SMILES string of the molecule is CCN(CC)CCN(CCC(=O)N1CCNCC1)C(=O)c1cc(C)cc(C)c1.O=C(O)C(F)(F)F. The van der Waals surface area contributed by atoms with Gasteiger partial charge >= 0.3 is 12.1 Å². The highest BCUT2D eigenvalue weighted by Crippen LogP contribution is 2.14. The van der Waals surface area contributed by atoms with Crippen LogP contribution in [0.1, 0.15) is 41.8 Å². The molecule has 2 N–H and O–H groups in total. The van der Waals surface area contributed by atoms with E-state index in [0.717, 1.165) is 56.9 Å². The number of hydrogen-bond donors (Lipinski definition) is 2. The number of benzene rings is 1. The molecule has 0 aromatic heterocycles. The number of nitrogens with one attached hydrogen (secondary N) is 1. The molecule has 0 unspecified atom stereocenters. The first-order chi connectivity index (χ1) is 16.4. The van der Waals surface area contributed by atoms with E-state index in [1.54, 1.807) is 0 Å². The molecule has 1 heterocycles. The summed E-state index contributed by atoms with van der Waals surface area (Å²) < 4.78 is 31.7. The summed E-state index contributed by atoms with van der Waals surface area (Å²) in [6.07, 6.45) is -4.70. The predicted molar refractivity (Wildman–Crippen MR) is 127 cm³/mol. The van der Waals surface area contributed by atoms with Gasteiger partial charge in [-0.15, -0.1) is 0 Å². The molecular formula is C24H37F3N4O4. The lowest BCUT2D eigenvalue weighted by Gasteiger charge is -2.30. The number of carbonyl (C=O) groups is 3. The number of nitrogens with zero attached hydrogens (tertiary/aromatic N) is 3. The lowest BCUT2D eigenvalue weighted by molar-refractivity contribution is -0.192. The zero-order valence-electron chi connectivity index (χ0n) is 21.0. The second-order valence-electron chi connectivity index (χ2n) is 8.38. The molecule has 0 bridgehead atoms. The first-order valence-corrected chi connectivity index (χ1v) is 11.8. The van der Waals surface area contributed by atoms with Crippen LogP contribution in [0.2, 0.25) is 0 Å². The molecule has 0 spiro atoms. The zero-order valence-corrected chi connectivity index (χ0v) is 21.0. The van der Waals surface area contributed by atoms with Crippen LogP contribution in [0, 0.1) is 13.8 Å². The molecule has 0 aliphatic carbocycles. The van der Waals surface area contributed by atoms with E-state index in [9.17, 15) is 22.8 Å². The van der Waals surface area contributed by atoms with E-state index >= 15 is 0 Å². The lowest BCUT2D eigenvalue weighted by atomic mass is 10.1. The summed E-state index contributed by atoms with van der Waals surface area (Å²) in [7, 11) is 0. The summed E-state index contributed by atoms with van der Waals surface area (Å²) in [5.74, 6) is -2.60. The van der Waals surface area contributed by atoms with E-state index in [0.29, 0.717) is 25.1 Å². The summed E-state index contributed by atoms with van der Waals surface area (Å²) in [6, 6.07) is 5.96. The molecule has 2 amide bonds. The Kier molecular flexibility index (Phi) is 12.7. The van der Waals surface area contributed by atoms with Crippen molar-refractivity contribution in [3.05, 3.63) is 34.9 Å². The van der Waals surface area contributed by atoms with Crippen LogP contribution >= 0.6 is 0 Å². The maximum Gasteiger partial charge on any atom is 0.490 e. The van der Waals surface area contributed by atoms with Crippen molar-refractivity contribution in [2.24, 2.45) is 0 Å². The molecule has 2 rings (SSSR count). The Bertz CT molecular complexity index is 818. The normalized spacial score (nSPS) is 13.8. The molecule has 1 saturated heterocycles. The number of carboxylic acid groups (broad SMARTS) is 1. The molecule has 1 aromatic carbocycles. The summed E-state index contributed by atoms with van der Waals surface area (Å²) in [4.78, 5) is 40.7. The van der Waals surface area contributed by atoms with Gasteiger partial charge in [0.05, 0.1) is 0 Å². The standard InChI is InChI=1S/C22H36N4O2.C2HF3O2/c1-5-24(6-2)13-14-26(10-7-21(27)25-11-8-23-9-12-25)22(28)20-16-18(3)15-19(4)17-20;3-2(4,5)1(6)7/h15-17,23H,5-14H2,1-4H3;(H,6,7). The third kappa shape index (κ3) is 11.1. The van der Waals surface area contributed by atoms with Gasteiger partial charge in [0, 0.05) is 57.8 Å². The quantitative estimate of drug-likeness (QED) is 0.539. The number of carboxylic acids is 1. The highest BCUT2D eigenvalue weighted by molar-refractivity contribution is 5.95. The molecule has 1 aliphatic rings. The van der Waals surface area contributed by atoms with Crippen LogP contribution in [0.15, 0.2) is 18.2 Å². The minimum Gasteiger partial charge on any atom is -0.475 e. The Morgan fingerprint density at radius 2 is 1.49 bits per heavy atom. The summed E-state index contributed by atoms with van der Waals surface area (Å²) >= 11 is 0. The number of hydrogen-bond acceptors (Lipinski definition) is 5. The maximum atomic E-state index is 13.2. The molecule has 1 fully saturated rings. The lowest BCUT2D eigenvalue weighted by Crippen LogP contribution is -2.47. The van der Waals surface area contributed by atoms with Crippen molar-refractivity contribution in [1.29, 1.82) is 0 Å². The molecule has 0 radical (unpaired) electrons. The molecule has 35 heavy (non-hydrogen) atoms. The molecule has 8 nitrogen and oxygen atoms in total. The highest BCUT2D eigenvalue weighted by Gasteiger charge is 2.38. The van der Waals surface area contributed by atoms with Crippen molar-refractivity contribution < 1.29 is 32.7 Å². The van der Waals surface area contributed by atoms with Crippen molar-refractivity contribution in [3.63, 3.8) is 0 Å². The third-order valence-electron chi connectivity index (χ3n) is 5.64. The molecule has 0 atom stereocenters. The number of aliphatic carboxylic acids is 1. The minimum atomic E-state index is -5.08. The van der Waals surface area contributed by atoms with E-state index in [1.807, 2.05) is 35.8 Å². The van der Waals surface area contributed by atoms with Gasteiger partial charge < -0.3 is 25.1 Å². The molecule has 0 saturated carbocycles. The van der Waals surface area contributed by atoms with Crippen molar-refractivity contribution >= 4 is 17.8 Å². The number of piperazine rings is 1. The summed E-state index contributed by atoms with van der Waals surface area (Å²) in [5.41, 5.74) is 2.89. The molecule has 11 heteroatoms. The number of likely N-dealkylation sites (N-methyl/N-ethyl adjacent to an activating group) is 1. The average molecular weight is 503 g/mol. The van der Waals surface area contributed by atoms with Crippen LogP contribution < -0.4 is 5.32 Å². The van der Waals surface area contributed by atoms with Gasteiger partial charge in [0.15, 0.2) is 0 Å². The fraction of sp³-hybridized carbons (Fsp3) is 0.625. The van der Waals surface area contributed by atoms with E-state index in [-0.39, 0.29) is 11.8 Å². The van der Waals surface area contributed by atoms with Gasteiger partial charge in [0.1, 0.15) is 0 Å². The van der Waals surface area contributed by atoms with E-state index in [1.165, 1.54) is 0 Å².